The van der Waals surface area contributed by atoms with Crippen LogP contribution in [0.3, 0.4) is 0 Å². The molecule has 0 radical (unpaired) electrons. The number of fused-ring (bicyclic) bond motifs is 6. The summed E-state index contributed by atoms with van der Waals surface area (Å²) in [4.78, 5) is 105. The zero-order chi connectivity index (χ0) is 60.0. The van der Waals surface area contributed by atoms with Gasteiger partial charge in [-0.2, -0.15) is 0 Å². The van der Waals surface area contributed by atoms with Crippen LogP contribution in [0, 0.1) is 6.92 Å². The molecule has 0 aliphatic heterocycles. The molecular formula is C62H58O22. The van der Waals surface area contributed by atoms with Gasteiger partial charge in [-0.05, 0) is 167 Å². The molecule has 4 aliphatic carbocycles. The molecule has 22 nitrogen and oxygen atoms in total. The van der Waals surface area contributed by atoms with Crippen LogP contribution in [0.2, 0.25) is 0 Å². The van der Waals surface area contributed by atoms with E-state index in [0.717, 1.165) is 51.5 Å². The van der Waals surface area contributed by atoms with Crippen molar-refractivity contribution in [3.63, 3.8) is 0 Å². The molecule has 84 heavy (non-hydrogen) atoms. The Labute approximate surface area is 480 Å². The number of hydrogen-bond acceptors (Lipinski definition) is 14. The van der Waals surface area contributed by atoms with Crippen molar-refractivity contribution in [1.29, 1.82) is 0 Å². The molecule has 0 spiro atoms. The standard InChI is InChI=1S/C15H8O5.C15H10O4.3C8H8O3.C8H8O2.2H2O.2H2/c16-13-10-4-2-7(14(17)18)5-11(10)9-3-1-8(15(19)20)6-12(9)13;16-14(17)9-3-4-12-11(6-9)5-8-1-2-10(15(18)19)7-13(8)12;2*9-5-7-2-1-3-8(4-7)6-11-10;9-5-6-2-1-3-7(4-6)8(10)11;1-6-3-2-4-7(5-6)8(9)10;;;;/h1-6H,(H,17,18)(H,19,20);1-4,6-7H,5H2,(H,16,17)(H,18,19);2*1-2,4-6,10H,3H2;1-4,9H,5H2,(H,10,11);2-5H,1H3,(H,9,10);2*1H2;2*1H/b;;2*8-6+;;;;;;. The van der Waals surface area contributed by atoms with Gasteiger partial charge >= 0.3 is 35.8 Å². The van der Waals surface area contributed by atoms with Crippen LogP contribution < -0.4 is 0 Å². The summed E-state index contributed by atoms with van der Waals surface area (Å²) in [7, 11) is 0. The Balaban J connectivity index is 0.000000524. The number of allylic oxidation sites excluding steroid dienone is 10. The molecule has 0 amide bonds. The van der Waals surface area contributed by atoms with Crippen molar-refractivity contribution >= 4 is 54.2 Å². The summed E-state index contributed by atoms with van der Waals surface area (Å²) >= 11 is 0. The molecule has 0 unspecified atom stereocenters. The number of carboxylic acids is 6. The molecule has 0 bridgehead atoms. The second-order valence-electron chi connectivity index (χ2n) is 17.7. The van der Waals surface area contributed by atoms with E-state index in [1.54, 1.807) is 91.0 Å². The number of aliphatic hydroxyl groups excluding tert-OH is 1. The lowest BCUT2D eigenvalue weighted by Gasteiger charge is -2.03. The van der Waals surface area contributed by atoms with Crippen LogP contribution in [0.4, 0.5) is 0 Å². The fourth-order valence-electron chi connectivity index (χ4n) is 8.13. The van der Waals surface area contributed by atoms with E-state index in [2.05, 4.69) is 9.78 Å². The second kappa shape index (κ2) is 32.3. The third-order valence-corrected chi connectivity index (χ3v) is 12.0. The van der Waals surface area contributed by atoms with Gasteiger partial charge in [-0.3, -0.25) is 14.4 Å². The quantitative estimate of drug-likeness (QED) is 0.0252. The molecular weight excluding hydrogens is 1100 g/mol. The third kappa shape index (κ3) is 18.5. The average Bonchev–Trinajstić information content (AvgIpc) is 3.31. The SMILES string of the molecule is Cc1cccc(C(=O)O)c1.O.O.O=C(O)c1ccc2c(c1)C(=O)c1ccc(C(=O)O)cc1-2.O=C(O)c1ccc2c(c1)Cc1ccc(C(=O)O)cc1-2.O=C(O)c1cccc(CO)c1.O=CC1=C/C(=C/OO)CC=C1.O=CC1=C/C(=C/OO)CC=C1.[HH].[HH]. The fraction of sp³-hybridized carbons (Fsp3) is 0.0806. The minimum Gasteiger partial charge on any atom is -0.478 e. The number of ketones is 1. The highest BCUT2D eigenvalue weighted by molar-refractivity contribution is 6.22. The first kappa shape index (κ1) is 67.3. The van der Waals surface area contributed by atoms with E-state index in [9.17, 15) is 43.2 Å². The number of aryl methyl sites for hydroxylation is 1. The predicted molar refractivity (Wildman–Crippen MR) is 306 cm³/mol. The van der Waals surface area contributed by atoms with Crippen LogP contribution >= 0.6 is 0 Å². The van der Waals surface area contributed by atoms with Crippen molar-refractivity contribution in [2.24, 2.45) is 0 Å². The molecule has 22 heteroatoms. The van der Waals surface area contributed by atoms with Crippen LogP contribution in [0.25, 0.3) is 22.3 Å². The topological polar surface area (TPSA) is 417 Å². The lowest BCUT2D eigenvalue weighted by atomic mass is 10.0. The number of carbonyl (C=O) groups excluding carboxylic acids is 3. The highest BCUT2D eigenvalue weighted by Crippen LogP contribution is 2.39. The van der Waals surface area contributed by atoms with Gasteiger partial charge < -0.3 is 56.5 Å². The lowest BCUT2D eigenvalue weighted by Crippen LogP contribution is -2.00. The summed E-state index contributed by atoms with van der Waals surface area (Å²) in [5.74, 6) is -6.22. The van der Waals surface area contributed by atoms with E-state index < -0.39 is 35.8 Å². The Morgan fingerprint density at radius 3 is 1.35 bits per heavy atom. The van der Waals surface area contributed by atoms with Crippen molar-refractivity contribution in [1.82, 2.24) is 0 Å². The van der Waals surface area contributed by atoms with Gasteiger partial charge in [0.25, 0.3) is 0 Å². The summed E-state index contributed by atoms with van der Waals surface area (Å²) in [6, 6.07) is 31.5. The average molecular weight is 1160 g/mol. The Hall–Kier alpha value is -11.0. The monoisotopic (exact) mass is 1150 g/mol. The van der Waals surface area contributed by atoms with Crippen molar-refractivity contribution in [2.45, 2.75) is 32.8 Å². The lowest BCUT2D eigenvalue weighted by molar-refractivity contribution is -0.187. The van der Waals surface area contributed by atoms with Gasteiger partial charge in [0.15, 0.2) is 5.78 Å². The zero-order valence-electron chi connectivity index (χ0n) is 44.2. The number of aromatic carboxylic acids is 6. The van der Waals surface area contributed by atoms with Crippen molar-refractivity contribution in [3.05, 3.63) is 259 Å². The number of carboxylic acid groups (broad SMARTS) is 6. The Bertz CT molecular complexity index is 3630. The van der Waals surface area contributed by atoms with Gasteiger partial charge in [0.2, 0.25) is 0 Å². The van der Waals surface area contributed by atoms with Crippen LogP contribution in [0.1, 0.15) is 116 Å². The van der Waals surface area contributed by atoms with E-state index in [0.29, 0.717) is 63.8 Å². The van der Waals surface area contributed by atoms with Gasteiger partial charge in [0.1, 0.15) is 25.1 Å². The Morgan fingerprint density at radius 2 is 0.893 bits per heavy atom. The molecule has 0 atom stereocenters. The largest absolute Gasteiger partial charge is 0.478 e. The number of rotatable bonds is 11. The molecule has 10 rings (SSSR count). The molecule has 4 aliphatic rings. The van der Waals surface area contributed by atoms with Crippen molar-refractivity contribution in [2.75, 3.05) is 0 Å². The van der Waals surface area contributed by atoms with Crippen molar-refractivity contribution < 1.29 is 113 Å². The summed E-state index contributed by atoms with van der Waals surface area (Å²) in [5, 5.41) is 77.7. The molecule has 0 aromatic heterocycles. The first-order chi connectivity index (χ1) is 39.2. The minimum absolute atomic E-state index is 0. The molecule has 0 saturated heterocycles. The van der Waals surface area contributed by atoms with Gasteiger partial charge in [-0.15, -0.1) is 0 Å². The normalized spacial score (nSPS) is 13.0. The second-order valence-corrected chi connectivity index (χ2v) is 17.7. The first-order valence-electron chi connectivity index (χ1n) is 24.1. The maximum Gasteiger partial charge on any atom is 0.335 e. The summed E-state index contributed by atoms with van der Waals surface area (Å²) in [5.41, 5.74) is 11.0. The van der Waals surface area contributed by atoms with Crippen LogP contribution in [0.15, 0.2) is 193 Å². The van der Waals surface area contributed by atoms with Crippen LogP contribution in [0.5, 0.6) is 0 Å². The van der Waals surface area contributed by atoms with Crippen molar-refractivity contribution in [3.8, 4) is 22.3 Å². The van der Waals surface area contributed by atoms with Gasteiger partial charge in [0.05, 0.1) is 40.0 Å². The molecule has 13 N–H and O–H groups in total. The number of hydrogen-bond donors (Lipinski definition) is 9. The molecule has 0 saturated carbocycles. The summed E-state index contributed by atoms with van der Waals surface area (Å²) in [6.07, 6.45) is 16.3. The van der Waals surface area contributed by atoms with Gasteiger partial charge in [0, 0.05) is 25.1 Å². The van der Waals surface area contributed by atoms with Crippen LogP contribution in [-0.2, 0) is 32.4 Å². The van der Waals surface area contributed by atoms with Crippen LogP contribution in [-0.4, -0.2) is 111 Å². The number of carbonyl (C=O) groups is 9. The summed E-state index contributed by atoms with van der Waals surface area (Å²) in [6.45, 7) is 1.74. The number of aldehydes is 2. The van der Waals surface area contributed by atoms with Gasteiger partial charge in [-0.1, -0.05) is 72.3 Å². The molecule has 6 aromatic rings. The Morgan fingerprint density at radius 1 is 0.476 bits per heavy atom. The molecule has 438 valence electrons. The zero-order valence-corrected chi connectivity index (χ0v) is 44.2. The maximum absolute atomic E-state index is 12.2. The van der Waals surface area contributed by atoms with E-state index in [-0.39, 0.29) is 54.0 Å². The number of benzene rings is 6. The first-order valence-corrected chi connectivity index (χ1v) is 24.1. The van der Waals surface area contributed by atoms with Gasteiger partial charge in [-0.25, -0.2) is 39.3 Å². The molecule has 0 fully saturated rings. The van der Waals surface area contributed by atoms with E-state index in [1.807, 2.05) is 25.1 Å². The third-order valence-electron chi connectivity index (χ3n) is 12.0. The van der Waals surface area contributed by atoms with E-state index in [1.165, 1.54) is 61.1 Å². The van der Waals surface area contributed by atoms with E-state index >= 15 is 0 Å². The highest BCUT2D eigenvalue weighted by Gasteiger charge is 2.28. The Kier molecular flexibility index (Phi) is 25.9. The smallest absolute Gasteiger partial charge is 0.335 e. The summed E-state index contributed by atoms with van der Waals surface area (Å²) < 4.78 is 0. The minimum atomic E-state index is -1.11. The fourth-order valence-corrected chi connectivity index (χ4v) is 8.13. The molecule has 0 heterocycles. The highest BCUT2D eigenvalue weighted by atomic mass is 17.1. The number of aliphatic hydroxyl groups is 1. The van der Waals surface area contributed by atoms with E-state index in [4.69, 9.17) is 46.3 Å². The molecule has 6 aromatic carbocycles. The maximum atomic E-state index is 12.2. The predicted octanol–water partition coefficient (Wildman–Crippen LogP) is 9.25.